The van der Waals surface area contributed by atoms with Crippen LogP contribution in [-0.4, -0.2) is 6.29 Å². The van der Waals surface area contributed by atoms with E-state index in [-0.39, 0.29) is 0 Å². The summed E-state index contributed by atoms with van der Waals surface area (Å²) in [5, 5.41) is 0. The fourth-order valence-corrected chi connectivity index (χ4v) is 1.48. The molecule has 2 nitrogen and oxygen atoms in total. The molecule has 0 atom stereocenters. The topological polar surface area (TPSA) is 30.2 Å². The molecule has 1 rings (SSSR count). The Labute approximate surface area is 91.0 Å². The zero-order valence-electron chi connectivity index (χ0n) is 9.24. The van der Waals surface area contributed by atoms with Gasteiger partial charge in [0, 0.05) is 0 Å². The van der Waals surface area contributed by atoms with Crippen molar-refractivity contribution < 1.29 is 9.21 Å². The maximum atomic E-state index is 10.8. The summed E-state index contributed by atoms with van der Waals surface area (Å²) in [4.78, 5) is 10.8. The first-order chi connectivity index (χ1) is 7.36. The van der Waals surface area contributed by atoms with Gasteiger partial charge in [0.1, 0.15) is 12.0 Å². The molecule has 0 amide bonds. The first-order valence-electron chi connectivity index (χ1n) is 5.56. The summed E-state index contributed by atoms with van der Waals surface area (Å²) in [6, 6.07) is 3.68. The first kappa shape index (κ1) is 11.8. The van der Waals surface area contributed by atoms with Gasteiger partial charge in [0.15, 0.2) is 0 Å². The van der Waals surface area contributed by atoms with Crippen LogP contribution in [0.1, 0.15) is 44.8 Å². The minimum Gasteiger partial charge on any atom is -0.465 e. The van der Waals surface area contributed by atoms with Gasteiger partial charge in [-0.1, -0.05) is 26.2 Å². The number of hydrogen-bond donors (Lipinski definition) is 0. The average Bonchev–Trinajstić information content (AvgIpc) is 2.75. The van der Waals surface area contributed by atoms with Crippen molar-refractivity contribution >= 4 is 12.4 Å². The Hall–Kier alpha value is -1.31. The van der Waals surface area contributed by atoms with E-state index in [9.17, 15) is 4.79 Å². The molecule has 82 valence electrons. The van der Waals surface area contributed by atoms with E-state index in [1.807, 2.05) is 18.2 Å². The van der Waals surface area contributed by atoms with Crippen molar-refractivity contribution in [3.8, 4) is 0 Å². The van der Waals surface area contributed by atoms with E-state index >= 15 is 0 Å². The molecule has 1 aromatic rings. The predicted molar refractivity (Wildman–Crippen MR) is 61.5 cm³/mol. The average molecular weight is 206 g/mol. The highest BCUT2D eigenvalue weighted by molar-refractivity contribution is 5.80. The summed E-state index contributed by atoms with van der Waals surface area (Å²) < 4.78 is 5.16. The van der Waals surface area contributed by atoms with E-state index < -0.39 is 0 Å². The van der Waals surface area contributed by atoms with Crippen LogP contribution >= 0.6 is 0 Å². The first-order valence-corrected chi connectivity index (χ1v) is 5.56. The molecule has 0 spiro atoms. The molecule has 0 aliphatic heterocycles. The van der Waals surface area contributed by atoms with Gasteiger partial charge < -0.3 is 4.42 Å². The number of aldehydes is 1. The van der Waals surface area contributed by atoms with Gasteiger partial charge in [-0.15, -0.1) is 0 Å². The van der Waals surface area contributed by atoms with Gasteiger partial charge >= 0.3 is 0 Å². The van der Waals surface area contributed by atoms with Crippen molar-refractivity contribution in [2.24, 2.45) is 0 Å². The molecule has 0 saturated heterocycles. The summed E-state index contributed by atoms with van der Waals surface area (Å²) >= 11 is 0. The molecule has 0 aromatic carbocycles. The van der Waals surface area contributed by atoms with Crippen LogP contribution in [0.5, 0.6) is 0 Å². The Balaban J connectivity index is 2.39. The smallest absolute Gasteiger partial charge is 0.146 e. The summed E-state index contributed by atoms with van der Waals surface area (Å²) in [5.41, 5.74) is 0.820. The van der Waals surface area contributed by atoms with Crippen LogP contribution in [0.2, 0.25) is 0 Å². The predicted octanol–water partition coefficient (Wildman–Crippen LogP) is 3.83. The number of carbonyl (C=O) groups is 1. The van der Waals surface area contributed by atoms with Gasteiger partial charge in [-0.05, 0) is 36.6 Å². The lowest BCUT2D eigenvalue weighted by Gasteiger charge is -1.98. The van der Waals surface area contributed by atoms with Gasteiger partial charge in [0.25, 0.3) is 0 Å². The Kier molecular flexibility index (Phi) is 5.52. The Morgan fingerprint density at radius 3 is 2.87 bits per heavy atom. The molecule has 1 heterocycles. The minimum absolute atomic E-state index is 0.757. The third-order valence-electron chi connectivity index (χ3n) is 2.34. The van der Waals surface area contributed by atoms with Gasteiger partial charge in [-0.3, -0.25) is 4.79 Å². The number of unbranched alkanes of at least 4 members (excludes halogenated alkanes) is 3. The van der Waals surface area contributed by atoms with Crippen LogP contribution in [0, 0.1) is 0 Å². The molecule has 0 bridgehead atoms. The maximum Gasteiger partial charge on any atom is 0.146 e. The van der Waals surface area contributed by atoms with Crippen LogP contribution in [0.3, 0.4) is 0 Å². The van der Waals surface area contributed by atoms with Crippen LogP contribution in [-0.2, 0) is 4.79 Å². The highest BCUT2D eigenvalue weighted by atomic mass is 16.3. The van der Waals surface area contributed by atoms with Crippen LogP contribution in [0.4, 0.5) is 0 Å². The fraction of sp³-hybridized carbons (Fsp3) is 0.462. The van der Waals surface area contributed by atoms with Gasteiger partial charge in [-0.2, -0.15) is 0 Å². The second kappa shape index (κ2) is 7.04. The zero-order valence-corrected chi connectivity index (χ0v) is 9.24. The molecule has 0 aliphatic carbocycles. The molecule has 0 saturated carbocycles. The van der Waals surface area contributed by atoms with E-state index in [0.29, 0.717) is 0 Å². The second-order valence-corrected chi connectivity index (χ2v) is 3.66. The Morgan fingerprint density at radius 1 is 1.40 bits per heavy atom. The molecule has 2 heteroatoms. The van der Waals surface area contributed by atoms with E-state index in [1.54, 1.807) is 6.26 Å². The van der Waals surface area contributed by atoms with E-state index in [4.69, 9.17) is 4.42 Å². The molecule has 0 fully saturated rings. The Bertz CT molecular complexity index is 296. The number of rotatable bonds is 7. The van der Waals surface area contributed by atoms with Crippen LogP contribution in [0.15, 0.2) is 28.4 Å². The molecular formula is C13H18O2. The lowest BCUT2D eigenvalue weighted by Crippen LogP contribution is -1.86. The van der Waals surface area contributed by atoms with Crippen molar-refractivity contribution in [3.05, 3.63) is 29.7 Å². The highest BCUT2D eigenvalue weighted by Gasteiger charge is 1.98. The van der Waals surface area contributed by atoms with Crippen LogP contribution in [0.25, 0.3) is 6.08 Å². The number of furan rings is 1. The standard InChI is InChI=1S/C13H18O2/c1-2-3-4-5-7-12(11-14)10-13-8-6-9-15-13/h6,8-11H,2-5,7H2,1H3/b12-10-. The molecule has 0 unspecified atom stereocenters. The SMILES string of the molecule is CCCCCC/C(C=O)=C/c1ccco1. The minimum atomic E-state index is 0.757. The summed E-state index contributed by atoms with van der Waals surface area (Å²) in [6.45, 7) is 2.18. The lowest BCUT2D eigenvalue weighted by molar-refractivity contribution is -0.105. The summed E-state index contributed by atoms with van der Waals surface area (Å²) in [6.07, 6.45) is 9.95. The maximum absolute atomic E-state index is 10.8. The quantitative estimate of drug-likeness (QED) is 0.385. The fourth-order valence-electron chi connectivity index (χ4n) is 1.48. The van der Waals surface area contributed by atoms with Gasteiger partial charge in [0.05, 0.1) is 6.26 Å². The van der Waals surface area contributed by atoms with Crippen LogP contribution < -0.4 is 0 Å². The third kappa shape index (κ3) is 4.63. The largest absolute Gasteiger partial charge is 0.465 e. The lowest BCUT2D eigenvalue weighted by atomic mass is 10.1. The van der Waals surface area contributed by atoms with Crippen molar-refractivity contribution in [2.75, 3.05) is 0 Å². The molecule has 1 aromatic heterocycles. The number of carbonyl (C=O) groups excluding carboxylic acids is 1. The van der Waals surface area contributed by atoms with E-state index in [2.05, 4.69) is 6.92 Å². The van der Waals surface area contributed by atoms with Crippen molar-refractivity contribution in [1.82, 2.24) is 0 Å². The second-order valence-electron chi connectivity index (χ2n) is 3.66. The molecule has 0 radical (unpaired) electrons. The number of hydrogen-bond acceptors (Lipinski definition) is 2. The molecule has 0 N–H and O–H groups in total. The summed E-state index contributed by atoms with van der Waals surface area (Å²) in [5.74, 6) is 0.757. The van der Waals surface area contributed by atoms with Gasteiger partial charge in [0.2, 0.25) is 0 Å². The molecule has 15 heavy (non-hydrogen) atoms. The molecular weight excluding hydrogens is 188 g/mol. The monoisotopic (exact) mass is 206 g/mol. The molecule has 0 aliphatic rings. The summed E-state index contributed by atoms with van der Waals surface area (Å²) in [7, 11) is 0. The van der Waals surface area contributed by atoms with E-state index in [0.717, 1.165) is 30.5 Å². The number of allylic oxidation sites excluding steroid dienone is 1. The zero-order chi connectivity index (χ0) is 10.9. The highest BCUT2D eigenvalue weighted by Crippen LogP contribution is 2.12. The Morgan fingerprint density at radius 2 is 2.27 bits per heavy atom. The van der Waals surface area contributed by atoms with Crippen molar-refractivity contribution in [3.63, 3.8) is 0 Å². The third-order valence-corrected chi connectivity index (χ3v) is 2.34. The normalized spacial score (nSPS) is 11.7. The van der Waals surface area contributed by atoms with E-state index in [1.165, 1.54) is 19.3 Å². The van der Waals surface area contributed by atoms with Crippen molar-refractivity contribution in [2.45, 2.75) is 39.0 Å². The van der Waals surface area contributed by atoms with Crippen molar-refractivity contribution in [1.29, 1.82) is 0 Å². The van der Waals surface area contributed by atoms with Gasteiger partial charge in [-0.25, -0.2) is 0 Å².